The molecule has 0 atom stereocenters. The lowest BCUT2D eigenvalue weighted by molar-refractivity contribution is -0.119. The van der Waals surface area contributed by atoms with Crippen LogP contribution in [0.3, 0.4) is 0 Å². The van der Waals surface area contributed by atoms with Crippen LogP contribution in [-0.4, -0.2) is 33.7 Å². The van der Waals surface area contributed by atoms with Gasteiger partial charge in [-0.15, -0.1) is 0 Å². The molecule has 0 aliphatic heterocycles. The first-order chi connectivity index (χ1) is 19.3. The molecule has 0 fully saturated rings. The number of hydrogen-bond donors (Lipinski definition) is 1. The molecule has 0 spiro atoms. The number of carbonyl (C=O) groups excluding carboxylic acids is 1. The monoisotopic (exact) mass is 557 g/mol. The van der Waals surface area contributed by atoms with Crippen LogP contribution in [0.2, 0.25) is 0 Å². The van der Waals surface area contributed by atoms with E-state index in [1.165, 1.54) is 18.3 Å². The van der Waals surface area contributed by atoms with Gasteiger partial charge in [-0.3, -0.25) is 9.10 Å². The fourth-order valence-electron chi connectivity index (χ4n) is 3.76. The first-order valence-electron chi connectivity index (χ1n) is 12.8. The summed E-state index contributed by atoms with van der Waals surface area (Å²) in [6.45, 7) is 4.21. The van der Waals surface area contributed by atoms with Crippen LogP contribution in [0.5, 0.6) is 11.5 Å². The molecule has 4 rings (SSSR count). The quantitative estimate of drug-likeness (QED) is 0.188. The van der Waals surface area contributed by atoms with E-state index in [9.17, 15) is 13.2 Å². The van der Waals surface area contributed by atoms with Gasteiger partial charge in [-0.25, -0.2) is 13.8 Å². The Bertz CT molecular complexity index is 1520. The molecule has 0 radical (unpaired) electrons. The summed E-state index contributed by atoms with van der Waals surface area (Å²) in [6.07, 6.45) is 1.48. The second-order valence-electron chi connectivity index (χ2n) is 8.89. The van der Waals surface area contributed by atoms with Crippen molar-refractivity contribution in [1.82, 2.24) is 5.43 Å². The summed E-state index contributed by atoms with van der Waals surface area (Å²) in [5.74, 6) is 0.713. The number of amides is 1. The van der Waals surface area contributed by atoms with Gasteiger partial charge in [0.1, 0.15) is 24.7 Å². The maximum Gasteiger partial charge on any atom is 0.264 e. The Kier molecular flexibility index (Phi) is 9.53. The van der Waals surface area contributed by atoms with E-state index in [2.05, 4.69) is 10.5 Å². The molecule has 0 unspecified atom stereocenters. The molecule has 0 heterocycles. The molecule has 9 heteroatoms. The first-order valence-corrected chi connectivity index (χ1v) is 14.2. The van der Waals surface area contributed by atoms with Crippen LogP contribution < -0.4 is 19.2 Å². The number of anilines is 1. The predicted octanol–water partition coefficient (Wildman–Crippen LogP) is 5.32. The second kappa shape index (κ2) is 13.4. The van der Waals surface area contributed by atoms with Crippen LogP contribution in [0.15, 0.2) is 113 Å². The van der Waals surface area contributed by atoms with Crippen LogP contribution in [0, 0.1) is 6.92 Å². The Morgan fingerprint density at radius 1 is 0.850 bits per heavy atom. The predicted molar refractivity (Wildman–Crippen MR) is 156 cm³/mol. The molecule has 40 heavy (non-hydrogen) atoms. The van der Waals surface area contributed by atoms with Gasteiger partial charge in [0.15, 0.2) is 0 Å². The Labute approximate surface area is 234 Å². The third-order valence-electron chi connectivity index (χ3n) is 5.86. The molecule has 4 aromatic carbocycles. The number of hydrazone groups is 1. The maximum absolute atomic E-state index is 13.5. The van der Waals surface area contributed by atoms with Crippen LogP contribution in [0.4, 0.5) is 5.69 Å². The van der Waals surface area contributed by atoms with Crippen molar-refractivity contribution in [3.63, 3.8) is 0 Å². The topological polar surface area (TPSA) is 97.3 Å². The highest BCUT2D eigenvalue weighted by Gasteiger charge is 2.27. The van der Waals surface area contributed by atoms with E-state index in [-0.39, 0.29) is 4.90 Å². The molecule has 0 aliphatic carbocycles. The number of rotatable bonds is 12. The number of nitrogens with one attached hydrogen (secondary N) is 1. The van der Waals surface area contributed by atoms with Gasteiger partial charge in [0, 0.05) is 0 Å². The van der Waals surface area contributed by atoms with Gasteiger partial charge in [0.25, 0.3) is 15.9 Å². The molecular weight excluding hydrogens is 526 g/mol. The lowest BCUT2D eigenvalue weighted by Gasteiger charge is -2.24. The van der Waals surface area contributed by atoms with Crippen molar-refractivity contribution in [3.8, 4) is 11.5 Å². The summed E-state index contributed by atoms with van der Waals surface area (Å²) in [4.78, 5) is 12.9. The third-order valence-corrected chi connectivity index (χ3v) is 7.65. The Balaban J connectivity index is 1.42. The zero-order valence-corrected chi connectivity index (χ0v) is 23.2. The maximum atomic E-state index is 13.5. The second-order valence-corrected chi connectivity index (χ2v) is 10.8. The molecular formula is C31H31N3O5S. The molecule has 1 N–H and O–H groups in total. The van der Waals surface area contributed by atoms with E-state index in [0.29, 0.717) is 30.4 Å². The average Bonchev–Trinajstić information content (AvgIpc) is 2.97. The Hall–Kier alpha value is -4.63. The van der Waals surface area contributed by atoms with Crippen molar-refractivity contribution in [2.45, 2.75) is 25.3 Å². The lowest BCUT2D eigenvalue weighted by atomic mass is 10.2. The van der Waals surface area contributed by atoms with Crippen LogP contribution >= 0.6 is 0 Å². The van der Waals surface area contributed by atoms with E-state index >= 15 is 0 Å². The molecule has 206 valence electrons. The summed E-state index contributed by atoms with van der Waals surface area (Å²) in [5, 5.41) is 4.01. The molecule has 0 bridgehead atoms. The molecule has 0 saturated carbocycles. The normalized spacial score (nSPS) is 11.2. The van der Waals surface area contributed by atoms with Gasteiger partial charge in [0.05, 0.1) is 23.4 Å². The summed E-state index contributed by atoms with van der Waals surface area (Å²) < 4.78 is 39.4. The van der Waals surface area contributed by atoms with Gasteiger partial charge in [-0.2, -0.15) is 5.10 Å². The number of benzene rings is 4. The lowest BCUT2D eigenvalue weighted by Crippen LogP contribution is -2.39. The first kappa shape index (κ1) is 28.4. The van der Waals surface area contributed by atoms with Crippen LogP contribution in [0.1, 0.15) is 23.6 Å². The van der Waals surface area contributed by atoms with E-state index in [1.54, 1.807) is 36.4 Å². The molecule has 1 amide bonds. The number of carbonyl (C=O) groups is 1. The fourth-order valence-corrected chi connectivity index (χ4v) is 5.18. The summed E-state index contributed by atoms with van der Waals surface area (Å²) in [6, 6.07) is 30.1. The van der Waals surface area contributed by atoms with Crippen LogP contribution in [-0.2, 0) is 21.4 Å². The van der Waals surface area contributed by atoms with E-state index < -0.39 is 22.5 Å². The van der Waals surface area contributed by atoms with E-state index in [4.69, 9.17) is 9.47 Å². The van der Waals surface area contributed by atoms with Gasteiger partial charge >= 0.3 is 0 Å². The highest BCUT2D eigenvalue weighted by atomic mass is 32.2. The highest BCUT2D eigenvalue weighted by molar-refractivity contribution is 7.92. The minimum absolute atomic E-state index is 0.0814. The van der Waals surface area contributed by atoms with Crippen LogP contribution in [0.25, 0.3) is 0 Å². The molecule has 0 saturated heterocycles. The van der Waals surface area contributed by atoms with E-state index in [1.807, 2.05) is 68.4 Å². The average molecular weight is 558 g/mol. The van der Waals surface area contributed by atoms with Gasteiger partial charge in [-0.1, -0.05) is 48.0 Å². The molecule has 0 aromatic heterocycles. The minimum Gasteiger partial charge on any atom is -0.494 e. The van der Waals surface area contributed by atoms with Crippen molar-refractivity contribution in [2.75, 3.05) is 17.5 Å². The standard InChI is InChI=1S/C31H31N3O5S/c1-3-38-28-17-13-27(14-18-28)34(40(36,37)30-19-9-24(2)10-20-30)22-31(35)33-32-21-25-11-15-29(16-12-25)39-23-26-7-5-4-6-8-26/h4-21H,3,22-23H2,1-2H3,(H,33,35)/b32-21-. The van der Waals surface area contributed by atoms with Crippen molar-refractivity contribution in [1.29, 1.82) is 0 Å². The molecule has 0 aliphatic rings. The number of aryl methyl sites for hydroxylation is 1. The number of ether oxygens (including phenoxy) is 2. The summed E-state index contributed by atoms with van der Waals surface area (Å²) >= 11 is 0. The number of sulfonamides is 1. The van der Waals surface area contributed by atoms with Crippen molar-refractivity contribution in [3.05, 3.63) is 120 Å². The third kappa shape index (κ3) is 7.70. The van der Waals surface area contributed by atoms with Gasteiger partial charge < -0.3 is 9.47 Å². The van der Waals surface area contributed by atoms with E-state index in [0.717, 1.165) is 21.0 Å². The largest absolute Gasteiger partial charge is 0.494 e. The Morgan fingerprint density at radius 2 is 1.48 bits per heavy atom. The zero-order chi connectivity index (χ0) is 28.4. The number of nitrogens with zero attached hydrogens (tertiary/aromatic N) is 2. The molecule has 8 nitrogen and oxygen atoms in total. The zero-order valence-electron chi connectivity index (χ0n) is 22.4. The van der Waals surface area contributed by atoms with Crippen molar-refractivity contribution < 1.29 is 22.7 Å². The van der Waals surface area contributed by atoms with Crippen molar-refractivity contribution >= 4 is 27.8 Å². The number of hydrogen-bond acceptors (Lipinski definition) is 6. The van der Waals surface area contributed by atoms with Gasteiger partial charge in [-0.05, 0) is 85.6 Å². The summed E-state index contributed by atoms with van der Waals surface area (Å²) in [5.41, 5.74) is 5.49. The Morgan fingerprint density at radius 3 is 2.12 bits per heavy atom. The SMILES string of the molecule is CCOc1ccc(N(CC(=O)N/N=C\c2ccc(OCc3ccccc3)cc2)S(=O)(=O)c2ccc(C)cc2)cc1. The van der Waals surface area contributed by atoms with Crippen molar-refractivity contribution in [2.24, 2.45) is 5.10 Å². The fraction of sp³-hybridized carbons (Fsp3) is 0.161. The van der Waals surface area contributed by atoms with Gasteiger partial charge in [0.2, 0.25) is 0 Å². The molecule has 4 aromatic rings. The smallest absolute Gasteiger partial charge is 0.264 e. The highest BCUT2D eigenvalue weighted by Crippen LogP contribution is 2.26. The minimum atomic E-state index is -4.03. The summed E-state index contributed by atoms with van der Waals surface area (Å²) in [7, 11) is -4.03.